The zero-order valence-corrected chi connectivity index (χ0v) is 6.37. The third-order valence-corrected chi connectivity index (χ3v) is 1.36. The van der Waals surface area contributed by atoms with Gasteiger partial charge in [0.25, 0.3) is 0 Å². The van der Waals surface area contributed by atoms with Crippen LogP contribution in [0.5, 0.6) is 5.88 Å². The lowest BCUT2D eigenvalue weighted by Gasteiger charge is -2.01. The lowest BCUT2D eigenvalue weighted by molar-refractivity contribution is 0.398. The lowest BCUT2D eigenvalue weighted by Crippen LogP contribution is -1.95. The third kappa shape index (κ3) is 1.49. The van der Waals surface area contributed by atoms with Crippen molar-refractivity contribution in [3.05, 3.63) is 24.3 Å². The van der Waals surface area contributed by atoms with Gasteiger partial charge in [0.1, 0.15) is 5.82 Å². The topological polar surface area (TPSA) is 48.1 Å². The van der Waals surface area contributed by atoms with Gasteiger partial charge in [-0.05, 0) is 6.07 Å². The molecule has 58 valence electrons. The van der Waals surface area contributed by atoms with E-state index in [4.69, 9.17) is 10.5 Å². The Morgan fingerprint density at radius 3 is 2.82 bits per heavy atom. The number of hydrogen-bond acceptors (Lipinski definition) is 3. The Labute approximate surface area is 65.5 Å². The predicted molar refractivity (Wildman–Crippen MR) is 45.3 cm³/mol. The van der Waals surface area contributed by atoms with Crippen LogP contribution >= 0.6 is 0 Å². The Bertz CT molecular complexity index is 271. The second-order valence-corrected chi connectivity index (χ2v) is 2.03. The molecule has 3 heteroatoms. The molecule has 3 nitrogen and oxygen atoms in total. The summed E-state index contributed by atoms with van der Waals surface area (Å²) in [6.07, 6.45) is 1.65. The van der Waals surface area contributed by atoms with Gasteiger partial charge in [0.05, 0.1) is 7.11 Å². The van der Waals surface area contributed by atoms with Gasteiger partial charge in [-0.15, -0.1) is 0 Å². The fourth-order valence-electron chi connectivity index (χ4n) is 0.753. The molecule has 2 N–H and O–H groups in total. The van der Waals surface area contributed by atoms with E-state index in [-0.39, 0.29) is 0 Å². The number of anilines is 1. The Morgan fingerprint density at radius 2 is 2.36 bits per heavy atom. The maximum Gasteiger partial charge on any atom is 0.214 e. The van der Waals surface area contributed by atoms with Gasteiger partial charge in [-0.1, -0.05) is 12.7 Å². The second kappa shape index (κ2) is 3.05. The highest BCUT2D eigenvalue weighted by Gasteiger charge is 1.97. The minimum absolute atomic E-state index is 0.444. The summed E-state index contributed by atoms with van der Waals surface area (Å²) in [6, 6.07) is 3.56. The Hall–Kier alpha value is -1.51. The number of hydrogen-bond donors (Lipinski definition) is 1. The predicted octanol–water partition coefficient (Wildman–Crippen LogP) is 1.32. The average molecular weight is 150 g/mol. The molecule has 1 rings (SSSR count). The Kier molecular flexibility index (Phi) is 2.11. The maximum atomic E-state index is 5.55. The molecule has 0 saturated carbocycles. The molecule has 0 bridgehead atoms. The van der Waals surface area contributed by atoms with Gasteiger partial charge in [0, 0.05) is 11.6 Å². The maximum absolute atomic E-state index is 5.55. The largest absolute Gasteiger partial charge is 0.481 e. The van der Waals surface area contributed by atoms with E-state index in [0.717, 1.165) is 5.56 Å². The van der Waals surface area contributed by atoms with E-state index in [2.05, 4.69) is 11.6 Å². The molecule has 0 fully saturated rings. The molecule has 1 aromatic rings. The highest BCUT2D eigenvalue weighted by Crippen LogP contribution is 2.14. The van der Waals surface area contributed by atoms with Crippen molar-refractivity contribution in [3.63, 3.8) is 0 Å². The van der Waals surface area contributed by atoms with Crippen LogP contribution in [0.2, 0.25) is 0 Å². The number of methoxy groups -OCH3 is 1. The van der Waals surface area contributed by atoms with E-state index in [1.54, 1.807) is 19.3 Å². The number of rotatable bonds is 2. The molecular formula is C8H10N2O. The van der Waals surface area contributed by atoms with Crippen LogP contribution in [0.3, 0.4) is 0 Å². The van der Waals surface area contributed by atoms with Crippen LogP contribution < -0.4 is 10.5 Å². The first-order valence-electron chi connectivity index (χ1n) is 3.21. The molecule has 1 aromatic heterocycles. The summed E-state index contributed by atoms with van der Waals surface area (Å²) in [4.78, 5) is 3.95. The van der Waals surface area contributed by atoms with Gasteiger partial charge in [0.15, 0.2) is 0 Å². The molecule has 0 radical (unpaired) electrons. The van der Waals surface area contributed by atoms with Crippen molar-refractivity contribution in [3.8, 4) is 5.88 Å². The minimum atomic E-state index is 0.444. The molecule has 0 unspecified atom stereocenters. The van der Waals surface area contributed by atoms with Crippen LogP contribution in [0, 0.1) is 0 Å². The van der Waals surface area contributed by atoms with E-state index in [1.165, 1.54) is 0 Å². The van der Waals surface area contributed by atoms with E-state index in [1.807, 2.05) is 6.07 Å². The number of nitrogens with zero attached hydrogens (tertiary/aromatic N) is 1. The summed E-state index contributed by atoms with van der Waals surface area (Å²) in [5.74, 6) is 0.965. The first-order valence-corrected chi connectivity index (χ1v) is 3.21. The van der Waals surface area contributed by atoms with Gasteiger partial charge in [-0.3, -0.25) is 0 Å². The fraction of sp³-hybridized carbons (Fsp3) is 0.125. The van der Waals surface area contributed by atoms with E-state index < -0.39 is 0 Å². The quantitative estimate of drug-likeness (QED) is 0.691. The monoisotopic (exact) mass is 150 g/mol. The van der Waals surface area contributed by atoms with Crippen molar-refractivity contribution in [2.45, 2.75) is 0 Å². The summed E-state index contributed by atoms with van der Waals surface area (Å²) >= 11 is 0. The summed E-state index contributed by atoms with van der Waals surface area (Å²) in [7, 11) is 1.55. The number of nitrogen functional groups attached to an aromatic ring is 1. The highest BCUT2D eigenvalue weighted by molar-refractivity contribution is 5.60. The van der Waals surface area contributed by atoms with Crippen LogP contribution in [0.25, 0.3) is 6.08 Å². The van der Waals surface area contributed by atoms with Crippen LogP contribution in [0.15, 0.2) is 18.7 Å². The number of ether oxygens (including phenoxy) is 1. The van der Waals surface area contributed by atoms with Gasteiger partial charge < -0.3 is 10.5 Å². The molecule has 0 saturated heterocycles. The summed E-state index contributed by atoms with van der Waals surface area (Å²) in [6.45, 7) is 3.59. The first kappa shape index (κ1) is 7.60. The Balaban J connectivity index is 3.09. The molecule has 0 aliphatic heterocycles. The molecule has 0 spiro atoms. The van der Waals surface area contributed by atoms with Crippen LogP contribution in [-0.4, -0.2) is 12.1 Å². The van der Waals surface area contributed by atoms with Crippen LogP contribution in [0.4, 0.5) is 5.82 Å². The van der Waals surface area contributed by atoms with Crippen molar-refractivity contribution < 1.29 is 4.74 Å². The molecular weight excluding hydrogens is 140 g/mol. The molecule has 0 amide bonds. The molecule has 1 heterocycles. The fourth-order valence-corrected chi connectivity index (χ4v) is 0.753. The van der Waals surface area contributed by atoms with Crippen molar-refractivity contribution in [2.75, 3.05) is 12.8 Å². The molecule has 0 aliphatic carbocycles. The minimum Gasteiger partial charge on any atom is -0.481 e. The summed E-state index contributed by atoms with van der Waals surface area (Å²) in [5, 5.41) is 0. The zero-order chi connectivity index (χ0) is 8.27. The van der Waals surface area contributed by atoms with Crippen molar-refractivity contribution in [2.24, 2.45) is 0 Å². The van der Waals surface area contributed by atoms with Gasteiger partial charge >= 0.3 is 0 Å². The van der Waals surface area contributed by atoms with Gasteiger partial charge in [0.2, 0.25) is 5.88 Å². The smallest absolute Gasteiger partial charge is 0.214 e. The Morgan fingerprint density at radius 1 is 1.64 bits per heavy atom. The third-order valence-electron chi connectivity index (χ3n) is 1.36. The van der Waals surface area contributed by atoms with Crippen molar-refractivity contribution in [1.29, 1.82) is 0 Å². The highest BCUT2D eigenvalue weighted by atomic mass is 16.5. The van der Waals surface area contributed by atoms with Crippen LogP contribution in [0.1, 0.15) is 5.56 Å². The van der Waals surface area contributed by atoms with E-state index in [0.29, 0.717) is 11.7 Å². The first-order chi connectivity index (χ1) is 5.27. The summed E-state index contributed by atoms with van der Waals surface area (Å²) < 4.78 is 4.87. The molecule has 0 aromatic carbocycles. The van der Waals surface area contributed by atoms with Crippen molar-refractivity contribution in [1.82, 2.24) is 4.98 Å². The molecule has 11 heavy (non-hydrogen) atoms. The summed E-state index contributed by atoms with van der Waals surface area (Å²) in [5.41, 5.74) is 6.37. The number of aromatic nitrogens is 1. The van der Waals surface area contributed by atoms with Crippen LogP contribution in [-0.2, 0) is 0 Å². The normalized spacial score (nSPS) is 9.18. The lowest BCUT2D eigenvalue weighted by atomic mass is 10.2. The van der Waals surface area contributed by atoms with E-state index >= 15 is 0 Å². The second-order valence-electron chi connectivity index (χ2n) is 2.03. The van der Waals surface area contributed by atoms with Gasteiger partial charge in [-0.2, -0.15) is 4.98 Å². The SMILES string of the molecule is C=Cc1ccc(OC)nc1N. The number of pyridine rings is 1. The zero-order valence-electron chi connectivity index (χ0n) is 6.37. The standard InChI is InChI=1S/C8H10N2O/c1-3-6-4-5-7(11-2)10-8(6)9/h3-5H,1H2,2H3,(H2,9,10). The average Bonchev–Trinajstić information content (AvgIpc) is 2.04. The molecule has 0 atom stereocenters. The van der Waals surface area contributed by atoms with Gasteiger partial charge in [-0.25, -0.2) is 0 Å². The molecule has 0 aliphatic rings. The van der Waals surface area contributed by atoms with E-state index in [9.17, 15) is 0 Å². The number of nitrogens with two attached hydrogens (primary N) is 1. The van der Waals surface area contributed by atoms with Crippen molar-refractivity contribution >= 4 is 11.9 Å².